The van der Waals surface area contributed by atoms with Gasteiger partial charge in [0.05, 0.1) is 19.3 Å². The number of ether oxygens (including phenoxy) is 2. The summed E-state index contributed by atoms with van der Waals surface area (Å²) in [6.45, 7) is 4.90. The van der Waals surface area contributed by atoms with Crippen LogP contribution in [-0.4, -0.2) is 44.4 Å². The molecule has 106 valence electrons. The Balaban J connectivity index is 2.20. The van der Waals surface area contributed by atoms with Gasteiger partial charge in [-0.15, -0.1) is 0 Å². The fourth-order valence-corrected chi connectivity index (χ4v) is 2.65. The molecule has 0 saturated carbocycles. The molecule has 0 spiro atoms. The predicted molar refractivity (Wildman–Crippen MR) is 76.4 cm³/mol. The van der Waals surface area contributed by atoms with Crippen molar-refractivity contribution < 1.29 is 9.47 Å². The van der Waals surface area contributed by atoms with E-state index >= 15 is 0 Å². The van der Waals surface area contributed by atoms with E-state index in [1.807, 2.05) is 25.1 Å². The molecule has 0 radical (unpaired) electrons. The van der Waals surface area contributed by atoms with Crippen molar-refractivity contribution in [3.05, 3.63) is 29.8 Å². The molecule has 1 aromatic rings. The molecular weight excluding hydrogens is 240 g/mol. The topological polar surface area (TPSA) is 47.7 Å². The highest BCUT2D eigenvalue weighted by Gasteiger charge is 2.28. The summed E-state index contributed by atoms with van der Waals surface area (Å²) < 4.78 is 11.2. The van der Waals surface area contributed by atoms with Gasteiger partial charge in [0, 0.05) is 24.8 Å². The molecule has 2 unspecified atom stereocenters. The highest BCUT2D eigenvalue weighted by Crippen LogP contribution is 2.30. The number of nitrogens with zero attached hydrogens (tertiary/aromatic N) is 1. The van der Waals surface area contributed by atoms with Crippen LogP contribution in [-0.2, 0) is 4.74 Å². The second-order valence-electron chi connectivity index (χ2n) is 4.91. The van der Waals surface area contributed by atoms with Gasteiger partial charge in [-0.3, -0.25) is 4.90 Å². The standard InChI is InChI=1S/C15H24N2O2/c1-3-19-15-7-5-4-6-13(15)14(10-16)17(2)12-8-9-18-11-12/h4-7,12,14H,3,8-11,16H2,1-2H3. The van der Waals surface area contributed by atoms with Crippen LogP contribution in [0.25, 0.3) is 0 Å². The second kappa shape index (κ2) is 6.89. The third-order valence-corrected chi connectivity index (χ3v) is 3.77. The van der Waals surface area contributed by atoms with Crippen molar-refractivity contribution in [3.63, 3.8) is 0 Å². The zero-order chi connectivity index (χ0) is 13.7. The molecule has 1 saturated heterocycles. The van der Waals surface area contributed by atoms with Gasteiger partial charge in [0.15, 0.2) is 0 Å². The van der Waals surface area contributed by atoms with Crippen LogP contribution in [0.15, 0.2) is 24.3 Å². The summed E-state index contributed by atoms with van der Waals surface area (Å²) >= 11 is 0. The molecule has 2 rings (SSSR count). The van der Waals surface area contributed by atoms with E-state index in [1.54, 1.807) is 0 Å². The lowest BCUT2D eigenvalue weighted by atomic mass is 10.0. The van der Waals surface area contributed by atoms with E-state index in [-0.39, 0.29) is 6.04 Å². The van der Waals surface area contributed by atoms with Crippen LogP contribution in [0.4, 0.5) is 0 Å². The maximum atomic E-state index is 6.00. The van der Waals surface area contributed by atoms with E-state index < -0.39 is 0 Å². The summed E-state index contributed by atoms with van der Waals surface area (Å²) in [6.07, 6.45) is 1.07. The maximum absolute atomic E-state index is 6.00. The van der Waals surface area contributed by atoms with Crippen LogP contribution < -0.4 is 10.5 Å². The van der Waals surface area contributed by atoms with Crippen LogP contribution in [0.5, 0.6) is 5.75 Å². The van der Waals surface area contributed by atoms with E-state index in [0.29, 0.717) is 19.2 Å². The summed E-state index contributed by atoms with van der Waals surface area (Å²) in [5.41, 5.74) is 7.17. The largest absolute Gasteiger partial charge is 0.494 e. The summed E-state index contributed by atoms with van der Waals surface area (Å²) in [5.74, 6) is 0.936. The fraction of sp³-hybridized carbons (Fsp3) is 0.600. The van der Waals surface area contributed by atoms with Gasteiger partial charge in [-0.25, -0.2) is 0 Å². The molecule has 1 fully saturated rings. The number of likely N-dealkylation sites (N-methyl/N-ethyl adjacent to an activating group) is 1. The molecule has 1 aromatic carbocycles. The van der Waals surface area contributed by atoms with Gasteiger partial charge < -0.3 is 15.2 Å². The van der Waals surface area contributed by atoms with Crippen LogP contribution in [0.2, 0.25) is 0 Å². The van der Waals surface area contributed by atoms with Gasteiger partial charge in [0.25, 0.3) is 0 Å². The minimum absolute atomic E-state index is 0.175. The average molecular weight is 264 g/mol. The minimum Gasteiger partial charge on any atom is -0.494 e. The van der Waals surface area contributed by atoms with Crippen LogP contribution >= 0.6 is 0 Å². The van der Waals surface area contributed by atoms with Gasteiger partial charge in [0.1, 0.15) is 5.75 Å². The minimum atomic E-state index is 0.175. The van der Waals surface area contributed by atoms with Gasteiger partial charge in [0.2, 0.25) is 0 Å². The second-order valence-corrected chi connectivity index (χ2v) is 4.91. The third-order valence-electron chi connectivity index (χ3n) is 3.77. The Morgan fingerprint density at radius 3 is 2.89 bits per heavy atom. The Morgan fingerprint density at radius 1 is 1.47 bits per heavy atom. The van der Waals surface area contributed by atoms with E-state index in [4.69, 9.17) is 15.2 Å². The first-order chi connectivity index (χ1) is 9.27. The Kier molecular flexibility index (Phi) is 5.19. The van der Waals surface area contributed by atoms with Crippen LogP contribution in [0, 0.1) is 0 Å². The van der Waals surface area contributed by atoms with Crippen molar-refractivity contribution in [2.24, 2.45) is 5.73 Å². The van der Waals surface area contributed by atoms with Crippen LogP contribution in [0.3, 0.4) is 0 Å². The SMILES string of the molecule is CCOc1ccccc1C(CN)N(C)C1CCOC1. The summed E-state index contributed by atoms with van der Waals surface area (Å²) in [7, 11) is 2.12. The number of hydrogen-bond donors (Lipinski definition) is 1. The van der Waals surface area contributed by atoms with Gasteiger partial charge >= 0.3 is 0 Å². The summed E-state index contributed by atoms with van der Waals surface area (Å²) in [6, 6.07) is 8.79. The van der Waals surface area contributed by atoms with Crippen molar-refractivity contribution in [3.8, 4) is 5.75 Å². The summed E-state index contributed by atoms with van der Waals surface area (Å²) in [4.78, 5) is 2.32. The lowest BCUT2D eigenvalue weighted by molar-refractivity contribution is 0.133. The lowest BCUT2D eigenvalue weighted by Crippen LogP contribution is -2.39. The first-order valence-corrected chi connectivity index (χ1v) is 6.99. The first-order valence-electron chi connectivity index (χ1n) is 6.99. The fourth-order valence-electron chi connectivity index (χ4n) is 2.65. The number of para-hydroxylation sites is 1. The highest BCUT2D eigenvalue weighted by atomic mass is 16.5. The highest BCUT2D eigenvalue weighted by molar-refractivity contribution is 5.36. The van der Waals surface area contributed by atoms with E-state index in [2.05, 4.69) is 18.0 Å². The number of hydrogen-bond acceptors (Lipinski definition) is 4. The molecule has 2 N–H and O–H groups in total. The van der Waals surface area contributed by atoms with Crippen molar-refractivity contribution >= 4 is 0 Å². The Bertz CT molecular complexity index is 391. The smallest absolute Gasteiger partial charge is 0.124 e. The Labute approximate surface area is 115 Å². The first kappa shape index (κ1) is 14.3. The normalized spacial score (nSPS) is 20.7. The Morgan fingerprint density at radius 2 is 2.26 bits per heavy atom. The quantitative estimate of drug-likeness (QED) is 0.851. The lowest BCUT2D eigenvalue weighted by Gasteiger charge is -2.32. The molecule has 1 aliphatic rings. The van der Waals surface area contributed by atoms with E-state index in [9.17, 15) is 0 Å². The van der Waals surface area contributed by atoms with Crippen molar-refractivity contribution in [2.45, 2.75) is 25.4 Å². The number of rotatable bonds is 6. The molecule has 1 aliphatic heterocycles. The van der Waals surface area contributed by atoms with E-state index in [0.717, 1.165) is 25.4 Å². The van der Waals surface area contributed by atoms with E-state index in [1.165, 1.54) is 5.56 Å². The monoisotopic (exact) mass is 264 g/mol. The average Bonchev–Trinajstić information content (AvgIpc) is 2.95. The van der Waals surface area contributed by atoms with Crippen molar-refractivity contribution in [1.82, 2.24) is 4.90 Å². The van der Waals surface area contributed by atoms with Crippen LogP contribution in [0.1, 0.15) is 24.9 Å². The third kappa shape index (κ3) is 3.26. The molecule has 4 nitrogen and oxygen atoms in total. The molecular formula is C15H24N2O2. The summed E-state index contributed by atoms with van der Waals surface area (Å²) in [5, 5.41) is 0. The van der Waals surface area contributed by atoms with Gasteiger partial charge in [-0.2, -0.15) is 0 Å². The zero-order valence-corrected chi connectivity index (χ0v) is 11.8. The maximum Gasteiger partial charge on any atom is 0.124 e. The van der Waals surface area contributed by atoms with Gasteiger partial charge in [-0.1, -0.05) is 18.2 Å². The number of nitrogens with two attached hydrogens (primary N) is 1. The molecule has 0 amide bonds. The molecule has 4 heteroatoms. The van der Waals surface area contributed by atoms with Crippen molar-refractivity contribution in [1.29, 1.82) is 0 Å². The van der Waals surface area contributed by atoms with Gasteiger partial charge in [-0.05, 0) is 26.5 Å². The molecule has 0 aliphatic carbocycles. The molecule has 1 heterocycles. The number of benzene rings is 1. The molecule has 0 aromatic heterocycles. The molecule has 2 atom stereocenters. The zero-order valence-electron chi connectivity index (χ0n) is 11.8. The van der Waals surface area contributed by atoms with Crippen molar-refractivity contribution in [2.75, 3.05) is 33.4 Å². The molecule has 19 heavy (non-hydrogen) atoms. The molecule has 0 bridgehead atoms. The Hall–Kier alpha value is -1.10. The predicted octanol–water partition coefficient (Wildman–Crippen LogP) is 1.81.